The molecule has 0 saturated carbocycles. The predicted octanol–water partition coefficient (Wildman–Crippen LogP) is 0.146. The van der Waals surface area contributed by atoms with Crippen molar-refractivity contribution < 1.29 is 0 Å². The summed E-state index contributed by atoms with van der Waals surface area (Å²) in [5, 5.41) is 16.9. The molecule has 0 aliphatic carbocycles. The number of hydrogen-bond acceptors (Lipinski definition) is 4. The highest BCUT2D eigenvalue weighted by Crippen LogP contribution is 1.90. The van der Waals surface area contributed by atoms with Crippen molar-refractivity contribution in [2.75, 3.05) is 0 Å². The Balaban J connectivity index is 3.25. The highest BCUT2D eigenvalue weighted by atomic mass is 16.2. The van der Waals surface area contributed by atoms with Crippen molar-refractivity contribution in [1.82, 2.24) is 9.13 Å². The molecule has 0 spiro atoms. The number of nitrogens with zero attached hydrogens (tertiary/aromatic N) is 4. The van der Waals surface area contributed by atoms with Crippen LogP contribution in [0.5, 0.6) is 0 Å². The first kappa shape index (κ1) is 12.7. The van der Waals surface area contributed by atoms with E-state index in [0.29, 0.717) is 5.56 Å². The molecule has 0 fully saturated rings. The van der Waals surface area contributed by atoms with E-state index in [-0.39, 0.29) is 31.5 Å². The summed E-state index contributed by atoms with van der Waals surface area (Å²) in [6, 6.07) is 3.83. The summed E-state index contributed by atoms with van der Waals surface area (Å²) in [6.45, 7) is 1.94. The summed E-state index contributed by atoms with van der Waals surface area (Å²) < 4.78 is 2.37. The first-order valence-electron chi connectivity index (χ1n) is 5.16. The van der Waals surface area contributed by atoms with Crippen LogP contribution in [0.2, 0.25) is 0 Å². The molecule has 0 atom stereocenters. The molecule has 0 bridgehead atoms. The van der Waals surface area contributed by atoms with E-state index >= 15 is 0 Å². The van der Waals surface area contributed by atoms with Gasteiger partial charge in [-0.2, -0.15) is 10.5 Å². The number of aryl methyl sites for hydroxylation is 2. The summed E-state index contributed by atoms with van der Waals surface area (Å²) in [4.78, 5) is 23.6. The monoisotopic (exact) mass is 232 g/mol. The zero-order chi connectivity index (χ0) is 12.8. The molecule has 6 nitrogen and oxygen atoms in total. The lowest BCUT2D eigenvalue weighted by Gasteiger charge is -2.08. The molecule has 1 aromatic heterocycles. The molecule has 1 rings (SSSR count). The molecule has 0 aromatic carbocycles. The first-order valence-corrected chi connectivity index (χ1v) is 5.16. The molecule has 0 N–H and O–H groups in total. The molecular formula is C11H12N4O2. The van der Waals surface area contributed by atoms with Gasteiger partial charge in [0.2, 0.25) is 0 Å². The second kappa shape index (κ2) is 5.66. The summed E-state index contributed by atoms with van der Waals surface area (Å²) in [6.07, 6.45) is 1.76. The minimum atomic E-state index is -0.467. The Hall–Kier alpha value is -2.34. The quantitative estimate of drug-likeness (QED) is 0.738. The van der Waals surface area contributed by atoms with Gasteiger partial charge < -0.3 is 0 Å². The lowest BCUT2D eigenvalue weighted by atomic mass is 10.3. The van der Waals surface area contributed by atoms with Gasteiger partial charge >= 0.3 is 5.69 Å². The summed E-state index contributed by atoms with van der Waals surface area (Å²) in [5.74, 6) is 0. The minimum Gasteiger partial charge on any atom is -0.299 e. The third-order valence-electron chi connectivity index (χ3n) is 2.32. The van der Waals surface area contributed by atoms with E-state index in [1.54, 1.807) is 6.92 Å². The molecule has 1 aromatic rings. The van der Waals surface area contributed by atoms with Gasteiger partial charge in [0.1, 0.15) is 0 Å². The van der Waals surface area contributed by atoms with Gasteiger partial charge in [0.25, 0.3) is 5.56 Å². The molecule has 0 saturated heterocycles. The molecule has 0 aliphatic rings. The topological polar surface area (TPSA) is 91.6 Å². The van der Waals surface area contributed by atoms with Crippen molar-refractivity contribution in [3.05, 3.63) is 32.6 Å². The largest absolute Gasteiger partial charge is 0.331 e. The summed E-state index contributed by atoms with van der Waals surface area (Å²) in [7, 11) is 0. The smallest absolute Gasteiger partial charge is 0.299 e. The zero-order valence-corrected chi connectivity index (χ0v) is 9.51. The lowest BCUT2D eigenvalue weighted by Crippen LogP contribution is -2.40. The van der Waals surface area contributed by atoms with Gasteiger partial charge in [0.05, 0.1) is 25.0 Å². The van der Waals surface area contributed by atoms with E-state index in [1.165, 1.54) is 10.8 Å². The van der Waals surface area contributed by atoms with Crippen molar-refractivity contribution in [2.24, 2.45) is 0 Å². The SMILES string of the molecule is Cc1cn(CCC#N)c(=O)n(CCC#N)c1=O. The van der Waals surface area contributed by atoms with Gasteiger partial charge in [-0.15, -0.1) is 0 Å². The number of aromatic nitrogens is 2. The Morgan fingerprint density at radius 2 is 1.76 bits per heavy atom. The Morgan fingerprint density at radius 1 is 1.18 bits per heavy atom. The van der Waals surface area contributed by atoms with Gasteiger partial charge in [0.15, 0.2) is 0 Å². The van der Waals surface area contributed by atoms with E-state index in [2.05, 4.69) is 0 Å². The predicted molar refractivity (Wildman–Crippen MR) is 60.2 cm³/mol. The van der Waals surface area contributed by atoms with E-state index in [9.17, 15) is 9.59 Å². The van der Waals surface area contributed by atoms with Crippen molar-refractivity contribution in [3.8, 4) is 12.1 Å². The van der Waals surface area contributed by atoms with Gasteiger partial charge in [0, 0.05) is 24.8 Å². The molecule has 88 valence electrons. The van der Waals surface area contributed by atoms with E-state index < -0.39 is 5.69 Å². The first-order chi connectivity index (χ1) is 8.11. The third-order valence-corrected chi connectivity index (χ3v) is 2.32. The van der Waals surface area contributed by atoms with Gasteiger partial charge in [-0.25, -0.2) is 4.79 Å². The van der Waals surface area contributed by atoms with E-state index in [1.807, 2.05) is 12.1 Å². The fraction of sp³-hybridized carbons (Fsp3) is 0.455. The Bertz CT molecular complexity index is 598. The molecule has 6 heteroatoms. The van der Waals surface area contributed by atoms with Crippen LogP contribution in [0.1, 0.15) is 18.4 Å². The second-order valence-electron chi connectivity index (χ2n) is 3.56. The van der Waals surface area contributed by atoms with Gasteiger partial charge in [-0.05, 0) is 6.92 Å². The van der Waals surface area contributed by atoms with Crippen molar-refractivity contribution >= 4 is 0 Å². The van der Waals surface area contributed by atoms with Crippen LogP contribution >= 0.6 is 0 Å². The van der Waals surface area contributed by atoms with Crippen LogP contribution in [0.25, 0.3) is 0 Å². The maximum absolute atomic E-state index is 11.9. The van der Waals surface area contributed by atoms with Crippen LogP contribution in [0, 0.1) is 29.6 Å². The molecule has 1 heterocycles. The zero-order valence-electron chi connectivity index (χ0n) is 9.51. The van der Waals surface area contributed by atoms with Gasteiger partial charge in [-0.1, -0.05) is 0 Å². The fourth-order valence-electron chi connectivity index (χ4n) is 1.49. The van der Waals surface area contributed by atoms with Crippen molar-refractivity contribution in [3.63, 3.8) is 0 Å². The van der Waals surface area contributed by atoms with Crippen molar-refractivity contribution in [2.45, 2.75) is 32.9 Å². The highest BCUT2D eigenvalue weighted by Gasteiger charge is 2.07. The van der Waals surface area contributed by atoms with Crippen molar-refractivity contribution in [1.29, 1.82) is 10.5 Å². The minimum absolute atomic E-state index is 0.0857. The highest BCUT2D eigenvalue weighted by molar-refractivity contribution is 5.03. The lowest BCUT2D eigenvalue weighted by molar-refractivity contribution is 0.555. The average molecular weight is 232 g/mol. The van der Waals surface area contributed by atoms with E-state index in [0.717, 1.165) is 4.57 Å². The molecule has 17 heavy (non-hydrogen) atoms. The molecule has 0 radical (unpaired) electrons. The number of nitriles is 2. The summed E-state index contributed by atoms with van der Waals surface area (Å²) >= 11 is 0. The number of hydrogen-bond donors (Lipinski definition) is 0. The Kier molecular flexibility index (Phi) is 4.24. The fourth-order valence-corrected chi connectivity index (χ4v) is 1.49. The maximum atomic E-state index is 11.9. The van der Waals surface area contributed by atoms with E-state index in [4.69, 9.17) is 10.5 Å². The van der Waals surface area contributed by atoms with Crippen LogP contribution in [-0.4, -0.2) is 9.13 Å². The molecule has 0 unspecified atom stereocenters. The summed E-state index contributed by atoms with van der Waals surface area (Å²) in [5.41, 5.74) is -0.412. The maximum Gasteiger partial charge on any atom is 0.331 e. The Labute approximate surface area is 98.0 Å². The standard InChI is InChI=1S/C11H12N4O2/c1-9-8-14(6-2-4-12)11(17)15(10(9)16)7-3-5-13/h8H,2-3,6-7H2,1H3. The molecule has 0 aliphatic heterocycles. The van der Waals surface area contributed by atoms with Crippen LogP contribution in [0.4, 0.5) is 0 Å². The normalized spacial score (nSPS) is 9.59. The van der Waals surface area contributed by atoms with Crippen LogP contribution in [-0.2, 0) is 13.1 Å². The Morgan fingerprint density at radius 3 is 2.35 bits per heavy atom. The third kappa shape index (κ3) is 2.82. The van der Waals surface area contributed by atoms with Crippen LogP contribution in [0.3, 0.4) is 0 Å². The van der Waals surface area contributed by atoms with Gasteiger partial charge in [-0.3, -0.25) is 13.9 Å². The second-order valence-corrected chi connectivity index (χ2v) is 3.56. The molecule has 0 amide bonds. The average Bonchev–Trinajstić information content (AvgIpc) is 2.32. The van der Waals surface area contributed by atoms with Crippen LogP contribution in [0.15, 0.2) is 15.8 Å². The number of rotatable bonds is 4. The molecular weight excluding hydrogens is 220 g/mol. The van der Waals surface area contributed by atoms with Crippen LogP contribution < -0.4 is 11.2 Å².